The van der Waals surface area contributed by atoms with Crippen molar-refractivity contribution in [3.8, 4) is 0 Å². The van der Waals surface area contributed by atoms with Gasteiger partial charge < -0.3 is 10.2 Å². The SMILES string of the molecule is CCNc1cc(N2CCc3ccc(Br)cc3C2)nc(C2CC2)n1. The van der Waals surface area contributed by atoms with E-state index in [1.54, 1.807) is 0 Å². The molecule has 2 aliphatic rings. The molecule has 0 bridgehead atoms. The minimum atomic E-state index is 0.568. The topological polar surface area (TPSA) is 41.0 Å². The fraction of sp³-hybridized carbons (Fsp3) is 0.444. The fourth-order valence-corrected chi connectivity index (χ4v) is 3.54. The van der Waals surface area contributed by atoms with Crippen molar-refractivity contribution in [3.63, 3.8) is 0 Å². The third-order valence-corrected chi connectivity index (χ3v) is 5.03. The Labute approximate surface area is 145 Å². The molecule has 0 saturated heterocycles. The first-order valence-corrected chi connectivity index (χ1v) is 9.17. The van der Waals surface area contributed by atoms with E-state index in [4.69, 9.17) is 4.98 Å². The summed E-state index contributed by atoms with van der Waals surface area (Å²) in [4.78, 5) is 11.9. The van der Waals surface area contributed by atoms with Crippen LogP contribution in [-0.4, -0.2) is 23.1 Å². The molecule has 4 nitrogen and oxygen atoms in total. The van der Waals surface area contributed by atoms with E-state index in [-0.39, 0.29) is 0 Å². The van der Waals surface area contributed by atoms with Crippen molar-refractivity contribution in [2.75, 3.05) is 23.3 Å². The van der Waals surface area contributed by atoms with Crippen LogP contribution in [0.2, 0.25) is 0 Å². The summed E-state index contributed by atoms with van der Waals surface area (Å²) in [5, 5.41) is 3.35. The van der Waals surface area contributed by atoms with Crippen molar-refractivity contribution in [3.05, 3.63) is 45.7 Å². The van der Waals surface area contributed by atoms with Gasteiger partial charge in [0.2, 0.25) is 0 Å². The minimum absolute atomic E-state index is 0.568. The maximum absolute atomic E-state index is 4.86. The highest BCUT2D eigenvalue weighted by Crippen LogP contribution is 2.39. The number of anilines is 2. The summed E-state index contributed by atoms with van der Waals surface area (Å²) in [5.74, 6) is 3.60. The highest BCUT2D eigenvalue weighted by molar-refractivity contribution is 9.10. The molecule has 0 spiro atoms. The van der Waals surface area contributed by atoms with E-state index in [0.29, 0.717) is 5.92 Å². The summed E-state index contributed by atoms with van der Waals surface area (Å²) in [6.07, 6.45) is 3.53. The summed E-state index contributed by atoms with van der Waals surface area (Å²) < 4.78 is 1.15. The van der Waals surface area contributed by atoms with Crippen LogP contribution in [0.5, 0.6) is 0 Å². The van der Waals surface area contributed by atoms with Gasteiger partial charge in [0.25, 0.3) is 0 Å². The van der Waals surface area contributed by atoms with Crippen molar-refractivity contribution in [2.45, 2.75) is 38.6 Å². The van der Waals surface area contributed by atoms with Crippen molar-refractivity contribution in [1.29, 1.82) is 0 Å². The molecule has 1 fully saturated rings. The lowest BCUT2D eigenvalue weighted by atomic mass is 10.00. The van der Waals surface area contributed by atoms with Crippen LogP contribution in [0.15, 0.2) is 28.7 Å². The van der Waals surface area contributed by atoms with Gasteiger partial charge in [-0.2, -0.15) is 0 Å². The third-order valence-electron chi connectivity index (χ3n) is 4.53. The van der Waals surface area contributed by atoms with Crippen molar-refractivity contribution < 1.29 is 0 Å². The lowest BCUT2D eigenvalue weighted by Crippen LogP contribution is -2.31. The van der Waals surface area contributed by atoms with Crippen LogP contribution in [0.3, 0.4) is 0 Å². The lowest BCUT2D eigenvalue weighted by molar-refractivity contribution is 0.713. The number of nitrogens with one attached hydrogen (secondary N) is 1. The number of rotatable bonds is 4. The summed E-state index contributed by atoms with van der Waals surface area (Å²) in [7, 11) is 0. The number of halogens is 1. The largest absolute Gasteiger partial charge is 0.370 e. The molecule has 0 amide bonds. The molecular formula is C18H21BrN4. The van der Waals surface area contributed by atoms with Crippen molar-refractivity contribution in [2.24, 2.45) is 0 Å². The molecule has 1 N–H and O–H groups in total. The summed E-state index contributed by atoms with van der Waals surface area (Å²) >= 11 is 3.58. The van der Waals surface area contributed by atoms with E-state index in [9.17, 15) is 0 Å². The molecular weight excluding hydrogens is 352 g/mol. The molecule has 1 aromatic carbocycles. The molecule has 0 atom stereocenters. The highest BCUT2D eigenvalue weighted by atomic mass is 79.9. The van der Waals surface area contributed by atoms with Crippen LogP contribution in [0.4, 0.5) is 11.6 Å². The predicted molar refractivity (Wildman–Crippen MR) is 97.1 cm³/mol. The molecule has 1 aromatic heterocycles. The number of aromatic nitrogens is 2. The molecule has 4 rings (SSSR count). The molecule has 5 heteroatoms. The molecule has 1 aliphatic heterocycles. The van der Waals surface area contributed by atoms with Gasteiger partial charge in [-0.1, -0.05) is 22.0 Å². The maximum Gasteiger partial charge on any atom is 0.136 e. The minimum Gasteiger partial charge on any atom is -0.370 e. The Bertz CT molecular complexity index is 727. The normalized spacial score (nSPS) is 17.0. The Balaban J connectivity index is 1.64. The molecule has 23 heavy (non-hydrogen) atoms. The first-order chi connectivity index (χ1) is 11.2. The van der Waals surface area contributed by atoms with E-state index < -0.39 is 0 Å². The Morgan fingerprint density at radius 1 is 1.22 bits per heavy atom. The van der Waals surface area contributed by atoms with Gasteiger partial charge in [-0.3, -0.25) is 0 Å². The zero-order valence-electron chi connectivity index (χ0n) is 13.3. The molecule has 2 heterocycles. The van der Waals surface area contributed by atoms with E-state index in [0.717, 1.165) is 48.0 Å². The smallest absolute Gasteiger partial charge is 0.136 e. The summed E-state index contributed by atoms with van der Waals surface area (Å²) in [6.45, 7) is 4.92. The molecule has 2 aromatic rings. The number of fused-ring (bicyclic) bond motifs is 1. The van der Waals surface area contributed by atoms with Crippen LogP contribution >= 0.6 is 15.9 Å². The van der Waals surface area contributed by atoms with Crippen LogP contribution in [0, 0.1) is 0 Å². The quantitative estimate of drug-likeness (QED) is 0.876. The summed E-state index contributed by atoms with van der Waals surface area (Å²) in [5.41, 5.74) is 2.84. The number of hydrogen-bond acceptors (Lipinski definition) is 4. The van der Waals surface area contributed by atoms with Gasteiger partial charge in [0, 0.05) is 36.1 Å². The second-order valence-corrected chi connectivity index (χ2v) is 7.27. The van der Waals surface area contributed by atoms with Crippen molar-refractivity contribution in [1.82, 2.24) is 9.97 Å². The van der Waals surface area contributed by atoms with Gasteiger partial charge in [0.1, 0.15) is 17.5 Å². The number of nitrogens with zero attached hydrogens (tertiary/aromatic N) is 3. The molecule has 1 saturated carbocycles. The number of hydrogen-bond donors (Lipinski definition) is 1. The van der Waals surface area contributed by atoms with Gasteiger partial charge in [-0.05, 0) is 49.4 Å². The highest BCUT2D eigenvalue weighted by Gasteiger charge is 2.28. The van der Waals surface area contributed by atoms with Gasteiger partial charge in [0.15, 0.2) is 0 Å². The summed E-state index contributed by atoms with van der Waals surface area (Å²) in [6, 6.07) is 8.69. The van der Waals surface area contributed by atoms with Crippen LogP contribution < -0.4 is 10.2 Å². The maximum atomic E-state index is 4.86. The number of benzene rings is 1. The average molecular weight is 373 g/mol. The second kappa shape index (κ2) is 6.11. The molecule has 1 aliphatic carbocycles. The van der Waals surface area contributed by atoms with Crippen LogP contribution in [0.25, 0.3) is 0 Å². The zero-order chi connectivity index (χ0) is 15.8. The second-order valence-electron chi connectivity index (χ2n) is 6.36. The van der Waals surface area contributed by atoms with Gasteiger partial charge in [0.05, 0.1) is 0 Å². The molecule has 120 valence electrons. The molecule has 0 unspecified atom stereocenters. The van der Waals surface area contributed by atoms with Gasteiger partial charge in [-0.15, -0.1) is 0 Å². The van der Waals surface area contributed by atoms with E-state index in [2.05, 4.69) is 62.3 Å². The first-order valence-electron chi connectivity index (χ1n) is 8.38. The monoisotopic (exact) mass is 372 g/mol. The zero-order valence-corrected chi connectivity index (χ0v) is 14.9. The molecule has 0 radical (unpaired) electrons. The first kappa shape index (κ1) is 14.9. The van der Waals surface area contributed by atoms with Gasteiger partial charge >= 0.3 is 0 Å². The predicted octanol–water partition coefficient (Wildman–Crippen LogP) is 4.11. The Morgan fingerprint density at radius 3 is 2.87 bits per heavy atom. The van der Waals surface area contributed by atoms with Crippen molar-refractivity contribution >= 4 is 27.6 Å². The fourth-order valence-electron chi connectivity index (χ4n) is 3.13. The Morgan fingerprint density at radius 2 is 2.09 bits per heavy atom. The average Bonchev–Trinajstić information content (AvgIpc) is 3.39. The Kier molecular flexibility index (Phi) is 3.97. The third kappa shape index (κ3) is 3.20. The van der Waals surface area contributed by atoms with Crippen LogP contribution in [0.1, 0.15) is 42.6 Å². The van der Waals surface area contributed by atoms with E-state index >= 15 is 0 Å². The Hall–Kier alpha value is -1.62. The standard InChI is InChI=1S/C18H21BrN4/c1-2-20-16-10-17(22-18(21-16)13-3-4-13)23-8-7-12-5-6-15(19)9-14(12)11-23/h5-6,9-10,13H,2-4,7-8,11H2,1H3,(H,20,21,22). The van der Waals surface area contributed by atoms with E-state index in [1.165, 1.54) is 24.0 Å². The lowest BCUT2D eigenvalue weighted by Gasteiger charge is -2.30. The van der Waals surface area contributed by atoms with Crippen LogP contribution in [-0.2, 0) is 13.0 Å². The van der Waals surface area contributed by atoms with E-state index in [1.807, 2.05) is 0 Å². The van der Waals surface area contributed by atoms with Gasteiger partial charge in [-0.25, -0.2) is 9.97 Å².